The lowest BCUT2D eigenvalue weighted by Crippen LogP contribution is -2.43. The van der Waals surface area contributed by atoms with Crippen LogP contribution in [-0.2, 0) is 10.8 Å². The minimum absolute atomic E-state index is 0.0120. The molecular formula is C47H37N3. The maximum absolute atomic E-state index is 4.97. The predicted molar refractivity (Wildman–Crippen MR) is 208 cm³/mol. The van der Waals surface area contributed by atoms with E-state index in [9.17, 15) is 0 Å². The smallest absolute Gasteiger partial charge is 0.164 e. The van der Waals surface area contributed by atoms with Gasteiger partial charge in [-0.05, 0) is 90.0 Å². The van der Waals surface area contributed by atoms with Crippen LogP contribution in [0.1, 0.15) is 38.8 Å². The van der Waals surface area contributed by atoms with Crippen molar-refractivity contribution in [3.8, 4) is 56.4 Å². The van der Waals surface area contributed by atoms with Crippen molar-refractivity contribution >= 4 is 21.5 Å². The molecule has 1 aliphatic rings. The summed E-state index contributed by atoms with van der Waals surface area (Å²) in [6.07, 6.45) is 0. The molecule has 0 radical (unpaired) electrons. The molecule has 0 bridgehead atoms. The van der Waals surface area contributed by atoms with Crippen molar-refractivity contribution in [2.45, 2.75) is 38.5 Å². The summed E-state index contributed by atoms with van der Waals surface area (Å²) in [5, 5.41) is 5.07. The highest BCUT2D eigenvalue weighted by Crippen LogP contribution is 2.54. The van der Waals surface area contributed by atoms with Gasteiger partial charge < -0.3 is 0 Å². The third-order valence-corrected chi connectivity index (χ3v) is 11.3. The Hall–Kier alpha value is -5.93. The molecule has 7 aromatic carbocycles. The van der Waals surface area contributed by atoms with Gasteiger partial charge in [-0.1, -0.05) is 155 Å². The van der Waals surface area contributed by atoms with Gasteiger partial charge >= 0.3 is 0 Å². The average molecular weight is 644 g/mol. The molecule has 0 saturated carbocycles. The summed E-state index contributed by atoms with van der Waals surface area (Å²) >= 11 is 0. The Balaban J connectivity index is 1.15. The second-order valence-corrected chi connectivity index (χ2v) is 14.5. The molecule has 1 aromatic heterocycles. The van der Waals surface area contributed by atoms with Crippen LogP contribution in [0.15, 0.2) is 152 Å². The number of nitrogens with zero attached hydrogens (tertiary/aromatic N) is 3. The van der Waals surface area contributed by atoms with Crippen molar-refractivity contribution in [3.05, 3.63) is 163 Å². The first-order valence-corrected chi connectivity index (χ1v) is 17.4. The zero-order chi connectivity index (χ0) is 34.0. The van der Waals surface area contributed by atoms with Gasteiger partial charge in [-0.3, -0.25) is 0 Å². The highest BCUT2D eigenvalue weighted by molar-refractivity contribution is 6.10. The van der Waals surface area contributed by atoms with Gasteiger partial charge in [0.1, 0.15) is 0 Å². The number of fused-ring (bicyclic) bond motifs is 6. The fourth-order valence-corrected chi connectivity index (χ4v) is 7.74. The van der Waals surface area contributed by atoms with Crippen molar-refractivity contribution < 1.29 is 0 Å². The number of hydrogen-bond donors (Lipinski definition) is 0. The van der Waals surface area contributed by atoms with Gasteiger partial charge in [-0.25, -0.2) is 15.0 Å². The second kappa shape index (κ2) is 11.3. The van der Waals surface area contributed by atoms with Crippen LogP contribution < -0.4 is 0 Å². The standard InChI is InChI=1S/C47H37N3/c1-46(2)41-21-12-11-20-38(41)40-29-39-35(28-42(40)47(46,3)4)23-22-34-26-33(24-25-37(34)39)32-18-13-19-36(27-32)45-49-43(30-14-7-5-8-15-30)48-44(50-45)31-16-9-6-10-17-31/h5-29H,1-4H3. The molecule has 8 aromatic rings. The van der Waals surface area contributed by atoms with Crippen LogP contribution in [0.5, 0.6) is 0 Å². The van der Waals surface area contributed by atoms with Crippen molar-refractivity contribution in [3.63, 3.8) is 0 Å². The molecule has 1 aliphatic carbocycles. The number of aromatic nitrogens is 3. The van der Waals surface area contributed by atoms with Crippen LogP contribution in [0.25, 0.3) is 78.0 Å². The van der Waals surface area contributed by atoms with Crippen LogP contribution in [0, 0.1) is 0 Å². The quantitative estimate of drug-likeness (QED) is 0.179. The highest BCUT2D eigenvalue weighted by atomic mass is 15.0. The van der Waals surface area contributed by atoms with E-state index in [4.69, 9.17) is 15.0 Å². The van der Waals surface area contributed by atoms with Gasteiger partial charge in [0, 0.05) is 16.7 Å². The molecule has 0 atom stereocenters. The minimum atomic E-state index is -0.0169. The van der Waals surface area contributed by atoms with Crippen LogP contribution in [0.3, 0.4) is 0 Å². The molecule has 9 rings (SSSR count). The number of benzene rings is 7. The molecule has 0 saturated heterocycles. The van der Waals surface area contributed by atoms with E-state index in [1.165, 1.54) is 43.8 Å². The molecule has 240 valence electrons. The van der Waals surface area contributed by atoms with Crippen molar-refractivity contribution in [2.75, 3.05) is 0 Å². The molecule has 0 aliphatic heterocycles. The Bertz CT molecular complexity index is 2530. The summed E-state index contributed by atoms with van der Waals surface area (Å²) in [6, 6.07) is 54.0. The normalized spacial score (nSPS) is 14.3. The zero-order valence-electron chi connectivity index (χ0n) is 28.8. The Kier molecular flexibility index (Phi) is 6.82. The summed E-state index contributed by atoms with van der Waals surface area (Å²) in [5.41, 5.74) is 10.7. The summed E-state index contributed by atoms with van der Waals surface area (Å²) < 4.78 is 0. The van der Waals surface area contributed by atoms with E-state index >= 15 is 0 Å². The van der Waals surface area contributed by atoms with Gasteiger partial charge in [-0.15, -0.1) is 0 Å². The molecule has 0 spiro atoms. The monoisotopic (exact) mass is 643 g/mol. The fraction of sp³-hybridized carbons (Fsp3) is 0.128. The molecule has 3 nitrogen and oxygen atoms in total. The van der Waals surface area contributed by atoms with E-state index in [1.54, 1.807) is 0 Å². The third kappa shape index (κ3) is 4.76. The summed E-state index contributed by atoms with van der Waals surface area (Å²) in [4.78, 5) is 14.8. The Morgan fingerprint density at radius 1 is 0.340 bits per heavy atom. The molecule has 0 unspecified atom stereocenters. The van der Waals surface area contributed by atoms with Gasteiger partial charge in [0.15, 0.2) is 17.5 Å². The topological polar surface area (TPSA) is 38.7 Å². The van der Waals surface area contributed by atoms with Crippen molar-refractivity contribution in [1.82, 2.24) is 15.0 Å². The predicted octanol–water partition coefficient (Wildman–Crippen LogP) is 12.1. The summed E-state index contributed by atoms with van der Waals surface area (Å²) in [6.45, 7) is 9.58. The van der Waals surface area contributed by atoms with Gasteiger partial charge in [0.25, 0.3) is 0 Å². The molecule has 0 fully saturated rings. The van der Waals surface area contributed by atoms with Gasteiger partial charge in [0.2, 0.25) is 0 Å². The third-order valence-electron chi connectivity index (χ3n) is 11.3. The molecule has 50 heavy (non-hydrogen) atoms. The summed E-state index contributed by atoms with van der Waals surface area (Å²) in [7, 11) is 0. The van der Waals surface area contributed by atoms with Crippen LogP contribution in [0.4, 0.5) is 0 Å². The van der Waals surface area contributed by atoms with E-state index in [0.29, 0.717) is 17.5 Å². The van der Waals surface area contributed by atoms with E-state index < -0.39 is 0 Å². The van der Waals surface area contributed by atoms with Crippen LogP contribution in [-0.4, -0.2) is 15.0 Å². The van der Waals surface area contributed by atoms with E-state index in [0.717, 1.165) is 27.8 Å². The van der Waals surface area contributed by atoms with E-state index in [2.05, 4.69) is 119 Å². The lowest BCUT2D eigenvalue weighted by molar-refractivity contribution is 0.299. The number of hydrogen-bond acceptors (Lipinski definition) is 3. The first-order chi connectivity index (χ1) is 24.3. The maximum Gasteiger partial charge on any atom is 0.164 e. The minimum Gasteiger partial charge on any atom is -0.208 e. The Labute approximate surface area is 293 Å². The lowest BCUT2D eigenvalue weighted by atomic mass is 9.55. The fourth-order valence-electron chi connectivity index (χ4n) is 7.74. The van der Waals surface area contributed by atoms with Crippen LogP contribution >= 0.6 is 0 Å². The SMILES string of the molecule is CC1(C)c2ccccc2-c2cc3c(ccc4cc(-c5cccc(-c6nc(-c7ccccc7)nc(-c7ccccc7)n6)c5)ccc43)cc2C1(C)C. The Morgan fingerprint density at radius 3 is 1.54 bits per heavy atom. The Morgan fingerprint density at radius 2 is 0.860 bits per heavy atom. The van der Waals surface area contributed by atoms with Crippen LogP contribution in [0.2, 0.25) is 0 Å². The van der Waals surface area contributed by atoms with E-state index in [1.807, 2.05) is 60.7 Å². The maximum atomic E-state index is 4.97. The molecule has 3 heteroatoms. The second-order valence-electron chi connectivity index (χ2n) is 14.5. The first-order valence-electron chi connectivity index (χ1n) is 17.4. The first kappa shape index (κ1) is 30.2. The number of rotatable bonds is 4. The average Bonchev–Trinajstić information content (AvgIpc) is 3.17. The van der Waals surface area contributed by atoms with E-state index in [-0.39, 0.29) is 10.8 Å². The lowest BCUT2D eigenvalue weighted by Gasteiger charge is -2.48. The zero-order valence-corrected chi connectivity index (χ0v) is 28.8. The largest absolute Gasteiger partial charge is 0.208 e. The van der Waals surface area contributed by atoms with Crippen molar-refractivity contribution in [2.24, 2.45) is 0 Å². The molecule has 1 heterocycles. The highest BCUT2D eigenvalue weighted by Gasteiger charge is 2.45. The summed E-state index contributed by atoms with van der Waals surface area (Å²) in [5.74, 6) is 1.98. The molecule has 0 amide bonds. The van der Waals surface area contributed by atoms with Crippen molar-refractivity contribution in [1.29, 1.82) is 0 Å². The van der Waals surface area contributed by atoms with Gasteiger partial charge in [-0.2, -0.15) is 0 Å². The molecule has 0 N–H and O–H groups in total. The van der Waals surface area contributed by atoms with Gasteiger partial charge in [0.05, 0.1) is 0 Å². The molecular weight excluding hydrogens is 607 g/mol.